The molecule has 0 aromatic heterocycles. The molecule has 0 fully saturated rings. The monoisotopic (exact) mass is 280 g/mol. The molecule has 1 atom stereocenters. The third-order valence-corrected chi connectivity index (χ3v) is 4.54. The van der Waals surface area contributed by atoms with Gasteiger partial charge in [0.05, 0.1) is 0 Å². The lowest BCUT2D eigenvalue weighted by atomic mass is 9.80. The lowest BCUT2D eigenvalue weighted by Gasteiger charge is -2.45. The van der Waals surface area contributed by atoms with Gasteiger partial charge in [-0.25, -0.2) is 4.39 Å². The molecule has 0 heterocycles. The maximum atomic E-state index is 13.4. The highest BCUT2D eigenvalue weighted by Gasteiger charge is 2.37. The molecule has 0 aliphatic carbocycles. The maximum absolute atomic E-state index is 13.4. The molecule has 1 aromatic carbocycles. The summed E-state index contributed by atoms with van der Waals surface area (Å²) >= 11 is 0. The molecule has 0 aliphatic rings. The fourth-order valence-corrected chi connectivity index (χ4v) is 3.29. The molecule has 0 amide bonds. The normalized spacial score (nSPS) is 13.8. The average Bonchev–Trinajstić information content (AvgIpc) is 2.40. The van der Waals surface area contributed by atoms with Crippen molar-refractivity contribution in [3.63, 3.8) is 0 Å². The van der Waals surface area contributed by atoms with Crippen molar-refractivity contribution in [3.8, 4) is 0 Å². The second-order valence-electron chi connectivity index (χ2n) is 5.65. The molecule has 0 bridgehead atoms. The van der Waals surface area contributed by atoms with Gasteiger partial charge in [-0.1, -0.05) is 32.9 Å². The standard InChI is InChI=1S/C17H29FN2/c1-6-17(7-2,20(4)5)16(19-8-3)13-14-10-9-11-15(18)12-14/h9-12,16,19H,6-8,13H2,1-5H3. The van der Waals surface area contributed by atoms with E-state index in [-0.39, 0.29) is 11.4 Å². The predicted octanol–water partition coefficient (Wildman–Crippen LogP) is 3.47. The smallest absolute Gasteiger partial charge is 0.123 e. The predicted molar refractivity (Wildman–Crippen MR) is 84.6 cm³/mol. The first kappa shape index (κ1) is 17.1. The lowest BCUT2D eigenvalue weighted by molar-refractivity contribution is 0.0889. The molecule has 0 saturated carbocycles. The van der Waals surface area contributed by atoms with E-state index in [1.165, 1.54) is 6.07 Å². The van der Waals surface area contributed by atoms with E-state index in [0.717, 1.165) is 31.4 Å². The molecule has 1 rings (SSSR count). The Bertz CT molecular complexity index is 400. The van der Waals surface area contributed by atoms with Crippen LogP contribution in [0.4, 0.5) is 4.39 Å². The SMILES string of the molecule is CCNC(Cc1cccc(F)c1)C(CC)(CC)N(C)C. The molecule has 0 spiro atoms. The molecule has 114 valence electrons. The number of likely N-dealkylation sites (N-methyl/N-ethyl adjacent to an activating group) is 2. The fourth-order valence-electron chi connectivity index (χ4n) is 3.29. The van der Waals surface area contributed by atoms with Crippen molar-refractivity contribution < 1.29 is 4.39 Å². The van der Waals surface area contributed by atoms with Crippen LogP contribution in [-0.2, 0) is 6.42 Å². The van der Waals surface area contributed by atoms with Crippen LogP contribution in [0.1, 0.15) is 39.2 Å². The second kappa shape index (κ2) is 7.75. The molecular formula is C17H29FN2. The molecule has 0 radical (unpaired) electrons. The molecular weight excluding hydrogens is 251 g/mol. The number of hydrogen-bond acceptors (Lipinski definition) is 2. The van der Waals surface area contributed by atoms with Gasteiger partial charge in [0.2, 0.25) is 0 Å². The minimum atomic E-state index is -0.152. The zero-order valence-corrected chi connectivity index (χ0v) is 13.5. The topological polar surface area (TPSA) is 15.3 Å². The number of hydrogen-bond donors (Lipinski definition) is 1. The second-order valence-corrected chi connectivity index (χ2v) is 5.65. The van der Waals surface area contributed by atoms with E-state index in [9.17, 15) is 4.39 Å². The van der Waals surface area contributed by atoms with Gasteiger partial charge in [-0.15, -0.1) is 0 Å². The Balaban J connectivity index is 3.03. The molecule has 0 saturated heterocycles. The third kappa shape index (κ3) is 3.80. The highest BCUT2D eigenvalue weighted by atomic mass is 19.1. The molecule has 1 aromatic rings. The van der Waals surface area contributed by atoms with Gasteiger partial charge in [0.1, 0.15) is 5.82 Å². The van der Waals surface area contributed by atoms with Gasteiger partial charge in [-0.05, 0) is 57.6 Å². The Morgan fingerprint density at radius 2 is 1.85 bits per heavy atom. The highest BCUT2D eigenvalue weighted by Crippen LogP contribution is 2.28. The van der Waals surface area contributed by atoms with Crippen molar-refractivity contribution in [2.45, 2.75) is 51.6 Å². The van der Waals surface area contributed by atoms with Gasteiger partial charge in [-0.2, -0.15) is 0 Å². The summed E-state index contributed by atoms with van der Waals surface area (Å²) in [5, 5.41) is 3.61. The van der Waals surface area contributed by atoms with Crippen molar-refractivity contribution in [2.24, 2.45) is 0 Å². The van der Waals surface area contributed by atoms with Gasteiger partial charge >= 0.3 is 0 Å². The minimum absolute atomic E-state index is 0.0995. The Kier molecular flexibility index (Phi) is 6.63. The van der Waals surface area contributed by atoms with Crippen LogP contribution in [0, 0.1) is 5.82 Å². The van der Waals surface area contributed by atoms with Crippen LogP contribution in [0.15, 0.2) is 24.3 Å². The van der Waals surface area contributed by atoms with Crippen LogP contribution < -0.4 is 5.32 Å². The van der Waals surface area contributed by atoms with E-state index in [0.29, 0.717) is 6.04 Å². The summed E-state index contributed by atoms with van der Waals surface area (Å²) in [6, 6.07) is 7.28. The molecule has 3 heteroatoms. The number of nitrogens with one attached hydrogen (secondary N) is 1. The quantitative estimate of drug-likeness (QED) is 0.784. The summed E-state index contributed by atoms with van der Waals surface area (Å²) in [6.07, 6.45) is 3.00. The average molecular weight is 280 g/mol. The zero-order chi connectivity index (χ0) is 15.2. The molecule has 1 unspecified atom stereocenters. The van der Waals surface area contributed by atoms with Crippen molar-refractivity contribution in [2.75, 3.05) is 20.6 Å². The number of nitrogens with zero attached hydrogens (tertiary/aromatic N) is 1. The molecule has 20 heavy (non-hydrogen) atoms. The molecule has 0 aliphatic heterocycles. The van der Waals surface area contributed by atoms with E-state index in [2.05, 4.69) is 45.1 Å². The summed E-state index contributed by atoms with van der Waals surface area (Å²) in [5.74, 6) is -0.152. The number of benzene rings is 1. The van der Waals surface area contributed by atoms with Crippen molar-refractivity contribution in [3.05, 3.63) is 35.6 Å². The van der Waals surface area contributed by atoms with E-state index in [1.807, 2.05) is 6.07 Å². The lowest BCUT2D eigenvalue weighted by Crippen LogP contribution is -2.59. The zero-order valence-electron chi connectivity index (χ0n) is 13.5. The Hall–Kier alpha value is -0.930. The third-order valence-electron chi connectivity index (χ3n) is 4.54. The van der Waals surface area contributed by atoms with E-state index in [1.54, 1.807) is 12.1 Å². The van der Waals surface area contributed by atoms with Gasteiger partial charge in [0, 0.05) is 11.6 Å². The van der Waals surface area contributed by atoms with Crippen LogP contribution >= 0.6 is 0 Å². The van der Waals surface area contributed by atoms with Gasteiger partial charge in [0.25, 0.3) is 0 Å². The Morgan fingerprint density at radius 1 is 1.20 bits per heavy atom. The first-order chi connectivity index (χ1) is 9.50. The summed E-state index contributed by atoms with van der Waals surface area (Å²) in [5.41, 5.74) is 1.16. The first-order valence-corrected chi connectivity index (χ1v) is 7.65. The van der Waals surface area contributed by atoms with Crippen LogP contribution in [0.3, 0.4) is 0 Å². The van der Waals surface area contributed by atoms with Crippen molar-refractivity contribution in [1.82, 2.24) is 10.2 Å². The van der Waals surface area contributed by atoms with Crippen LogP contribution in [0.2, 0.25) is 0 Å². The summed E-state index contributed by atoms with van der Waals surface area (Å²) in [6.45, 7) is 7.53. The largest absolute Gasteiger partial charge is 0.312 e. The Morgan fingerprint density at radius 3 is 2.30 bits per heavy atom. The van der Waals surface area contributed by atoms with Crippen LogP contribution in [0.5, 0.6) is 0 Å². The van der Waals surface area contributed by atoms with Crippen LogP contribution in [0.25, 0.3) is 0 Å². The minimum Gasteiger partial charge on any atom is -0.312 e. The van der Waals surface area contributed by atoms with E-state index >= 15 is 0 Å². The number of halogens is 1. The van der Waals surface area contributed by atoms with Gasteiger partial charge < -0.3 is 10.2 Å². The van der Waals surface area contributed by atoms with Gasteiger partial charge in [0.15, 0.2) is 0 Å². The Labute approximate surface area is 123 Å². The van der Waals surface area contributed by atoms with Crippen molar-refractivity contribution in [1.29, 1.82) is 0 Å². The summed E-state index contributed by atoms with van der Waals surface area (Å²) < 4.78 is 13.4. The summed E-state index contributed by atoms with van der Waals surface area (Å²) in [4.78, 5) is 2.32. The molecule has 1 N–H and O–H groups in total. The first-order valence-electron chi connectivity index (χ1n) is 7.65. The molecule has 2 nitrogen and oxygen atoms in total. The van der Waals surface area contributed by atoms with Gasteiger partial charge in [-0.3, -0.25) is 0 Å². The van der Waals surface area contributed by atoms with E-state index < -0.39 is 0 Å². The highest BCUT2D eigenvalue weighted by molar-refractivity contribution is 5.19. The van der Waals surface area contributed by atoms with Crippen molar-refractivity contribution >= 4 is 0 Å². The fraction of sp³-hybridized carbons (Fsp3) is 0.647. The summed E-state index contributed by atoms with van der Waals surface area (Å²) in [7, 11) is 4.28. The van der Waals surface area contributed by atoms with Crippen LogP contribution in [-0.4, -0.2) is 37.1 Å². The maximum Gasteiger partial charge on any atom is 0.123 e. The number of rotatable bonds is 8. The van der Waals surface area contributed by atoms with E-state index in [4.69, 9.17) is 0 Å².